The van der Waals surface area contributed by atoms with Crippen LogP contribution in [-0.4, -0.2) is 34.2 Å². The van der Waals surface area contributed by atoms with E-state index in [0.29, 0.717) is 11.4 Å². The summed E-state index contributed by atoms with van der Waals surface area (Å²) in [6, 6.07) is 9.44. The molecule has 1 N–H and O–H groups in total. The zero-order valence-electron chi connectivity index (χ0n) is 14.2. The molecule has 2 rings (SSSR count). The number of methoxy groups -OCH3 is 1. The van der Waals surface area contributed by atoms with Crippen molar-refractivity contribution in [2.24, 2.45) is 0 Å². The van der Waals surface area contributed by atoms with Crippen molar-refractivity contribution in [3.05, 3.63) is 54.1 Å². The predicted molar refractivity (Wildman–Crippen MR) is 94.8 cm³/mol. The molecular weight excluding hydrogens is 366 g/mol. The second kappa shape index (κ2) is 8.13. The standard InChI is InChI=1S/C17H18F2N2O4S/c1-25-13-8-6-12(7-9-13)21(26(2,23)24)11-10-16(22)20-17-14(18)4-3-5-15(17)19/h3-9H,10-11H2,1-2H3,(H,20,22). The first-order valence-electron chi connectivity index (χ1n) is 7.58. The van der Waals surface area contributed by atoms with Gasteiger partial charge in [0.05, 0.1) is 19.1 Å². The monoisotopic (exact) mass is 384 g/mol. The third-order valence-electron chi connectivity index (χ3n) is 3.53. The molecule has 6 nitrogen and oxygen atoms in total. The van der Waals surface area contributed by atoms with Gasteiger partial charge in [0, 0.05) is 13.0 Å². The molecular formula is C17H18F2N2O4S. The Morgan fingerprint density at radius 3 is 2.19 bits per heavy atom. The summed E-state index contributed by atoms with van der Waals surface area (Å²) in [6.45, 7) is -0.187. The molecule has 26 heavy (non-hydrogen) atoms. The number of nitrogens with zero attached hydrogens (tertiary/aromatic N) is 1. The Bertz CT molecular complexity index is 866. The number of hydrogen-bond acceptors (Lipinski definition) is 4. The van der Waals surface area contributed by atoms with E-state index < -0.39 is 33.3 Å². The third-order valence-corrected chi connectivity index (χ3v) is 4.72. The minimum absolute atomic E-state index is 0.187. The number of rotatable bonds is 7. The summed E-state index contributed by atoms with van der Waals surface area (Å²) in [6.07, 6.45) is 0.721. The second-order valence-electron chi connectivity index (χ2n) is 5.43. The fraction of sp³-hybridized carbons (Fsp3) is 0.235. The number of halogens is 2. The van der Waals surface area contributed by atoms with E-state index in [4.69, 9.17) is 4.74 Å². The summed E-state index contributed by atoms with van der Waals surface area (Å²) >= 11 is 0. The molecule has 0 saturated carbocycles. The molecule has 0 bridgehead atoms. The van der Waals surface area contributed by atoms with Gasteiger partial charge >= 0.3 is 0 Å². The Kier molecular flexibility index (Phi) is 6.14. The molecule has 0 spiro atoms. The Balaban J connectivity index is 2.11. The van der Waals surface area contributed by atoms with E-state index in [0.717, 1.165) is 22.7 Å². The van der Waals surface area contributed by atoms with Gasteiger partial charge in [-0.1, -0.05) is 6.07 Å². The average Bonchev–Trinajstić information content (AvgIpc) is 2.58. The smallest absolute Gasteiger partial charge is 0.232 e. The number of ether oxygens (including phenoxy) is 1. The van der Waals surface area contributed by atoms with Gasteiger partial charge in [-0.05, 0) is 36.4 Å². The van der Waals surface area contributed by atoms with Crippen LogP contribution in [0.5, 0.6) is 5.75 Å². The van der Waals surface area contributed by atoms with Gasteiger partial charge in [0.25, 0.3) is 0 Å². The molecule has 0 fully saturated rings. The van der Waals surface area contributed by atoms with Gasteiger partial charge < -0.3 is 10.1 Å². The first-order valence-corrected chi connectivity index (χ1v) is 9.43. The average molecular weight is 384 g/mol. The normalized spacial score (nSPS) is 11.1. The van der Waals surface area contributed by atoms with Gasteiger partial charge in [0.1, 0.15) is 23.1 Å². The van der Waals surface area contributed by atoms with Gasteiger partial charge in [0.2, 0.25) is 15.9 Å². The van der Waals surface area contributed by atoms with Crippen molar-refractivity contribution < 1.29 is 26.7 Å². The minimum Gasteiger partial charge on any atom is -0.497 e. The molecule has 140 valence electrons. The highest BCUT2D eigenvalue weighted by molar-refractivity contribution is 7.92. The van der Waals surface area contributed by atoms with Crippen LogP contribution in [0.4, 0.5) is 20.2 Å². The number of nitrogens with one attached hydrogen (secondary N) is 1. The van der Waals surface area contributed by atoms with Crippen molar-refractivity contribution in [3.63, 3.8) is 0 Å². The van der Waals surface area contributed by atoms with E-state index >= 15 is 0 Å². The fourth-order valence-electron chi connectivity index (χ4n) is 2.26. The highest BCUT2D eigenvalue weighted by Gasteiger charge is 2.19. The van der Waals surface area contributed by atoms with E-state index in [9.17, 15) is 22.0 Å². The molecule has 0 atom stereocenters. The first kappa shape index (κ1) is 19.6. The number of para-hydroxylation sites is 1. The van der Waals surface area contributed by atoms with Crippen molar-refractivity contribution in [2.75, 3.05) is 29.5 Å². The Morgan fingerprint density at radius 1 is 1.12 bits per heavy atom. The van der Waals surface area contributed by atoms with Crippen molar-refractivity contribution in [3.8, 4) is 5.75 Å². The maximum absolute atomic E-state index is 13.6. The number of carbonyl (C=O) groups excluding carboxylic acids is 1. The molecule has 0 aromatic heterocycles. The summed E-state index contributed by atoms with van der Waals surface area (Å²) < 4.78 is 57.2. The summed E-state index contributed by atoms with van der Waals surface area (Å²) in [5.41, 5.74) is -0.217. The molecule has 0 heterocycles. The number of carbonyl (C=O) groups is 1. The first-order chi connectivity index (χ1) is 12.2. The SMILES string of the molecule is COc1ccc(N(CCC(=O)Nc2c(F)cccc2F)S(C)(=O)=O)cc1. The van der Waals surface area contributed by atoms with Crippen LogP contribution >= 0.6 is 0 Å². The number of anilines is 2. The number of hydrogen-bond donors (Lipinski definition) is 1. The molecule has 0 aliphatic rings. The molecule has 0 saturated heterocycles. The molecule has 2 aromatic rings. The maximum Gasteiger partial charge on any atom is 0.232 e. The minimum atomic E-state index is -3.66. The van der Waals surface area contributed by atoms with Crippen molar-refractivity contribution in [1.82, 2.24) is 0 Å². The molecule has 1 amide bonds. The topological polar surface area (TPSA) is 75.7 Å². The largest absolute Gasteiger partial charge is 0.497 e. The lowest BCUT2D eigenvalue weighted by molar-refractivity contribution is -0.116. The van der Waals surface area contributed by atoms with Crippen molar-refractivity contribution in [2.45, 2.75) is 6.42 Å². The van der Waals surface area contributed by atoms with Crippen LogP contribution in [0.1, 0.15) is 6.42 Å². The fourth-order valence-corrected chi connectivity index (χ4v) is 3.18. The molecule has 2 aromatic carbocycles. The highest BCUT2D eigenvalue weighted by Crippen LogP contribution is 2.22. The van der Waals surface area contributed by atoms with E-state index in [2.05, 4.69) is 5.32 Å². The van der Waals surface area contributed by atoms with Crippen LogP contribution in [0, 0.1) is 11.6 Å². The van der Waals surface area contributed by atoms with Gasteiger partial charge in [-0.2, -0.15) is 0 Å². The van der Waals surface area contributed by atoms with Crippen LogP contribution in [0.2, 0.25) is 0 Å². The maximum atomic E-state index is 13.6. The lowest BCUT2D eigenvalue weighted by Gasteiger charge is -2.22. The zero-order valence-corrected chi connectivity index (χ0v) is 15.0. The van der Waals surface area contributed by atoms with Crippen LogP contribution in [0.25, 0.3) is 0 Å². The second-order valence-corrected chi connectivity index (χ2v) is 7.33. The predicted octanol–water partition coefficient (Wildman–Crippen LogP) is 2.77. The van der Waals surface area contributed by atoms with Crippen molar-refractivity contribution >= 4 is 27.3 Å². The van der Waals surface area contributed by atoms with E-state index in [-0.39, 0.29) is 13.0 Å². The van der Waals surface area contributed by atoms with Crippen LogP contribution in [0.15, 0.2) is 42.5 Å². The van der Waals surface area contributed by atoms with Crippen LogP contribution in [0.3, 0.4) is 0 Å². The molecule has 0 aliphatic carbocycles. The summed E-state index contributed by atoms with van der Waals surface area (Å²) in [5, 5.41) is 2.12. The molecule has 9 heteroatoms. The van der Waals surface area contributed by atoms with Crippen LogP contribution < -0.4 is 14.4 Å². The van der Waals surface area contributed by atoms with E-state index in [1.54, 1.807) is 12.1 Å². The summed E-state index contributed by atoms with van der Waals surface area (Å²) in [4.78, 5) is 12.0. The molecule has 0 aliphatic heterocycles. The van der Waals surface area contributed by atoms with Gasteiger partial charge in [0.15, 0.2) is 0 Å². The Labute approximate surface area is 150 Å². The highest BCUT2D eigenvalue weighted by atomic mass is 32.2. The summed E-state index contributed by atoms with van der Waals surface area (Å²) in [5.74, 6) is -1.98. The Hall–Kier alpha value is -2.68. The number of sulfonamides is 1. The Morgan fingerprint density at radius 2 is 1.69 bits per heavy atom. The molecule has 0 unspecified atom stereocenters. The number of benzene rings is 2. The van der Waals surface area contributed by atoms with Gasteiger partial charge in [-0.3, -0.25) is 9.10 Å². The number of amides is 1. The zero-order chi connectivity index (χ0) is 19.3. The van der Waals surface area contributed by atoms with Crippen molar-refractivity contribution in [1.29, 1.82) is 0 Å². The van der Waals surface area contributed by atoms with Gasteiger partial charge in [-0.15, -0.1) is 0 Å². The van der Waals surface area contributed by atoms with Gasteiger partial charge in [-0.25, -0.2) is 17.2 Å². The quantitative estimate of drug-likeness (QED) is 0.797. The third kappa shape index (κ3) is 4.92. The lowest BCUT2D eigenvalue weighted by atomic mass is 10.2. The lowest BCUT2D eigenvalue weighted by Crippen LogP contribution is -2.33. The van der Waals surface area contributed by atoms with Crippen LogP contribution in [-0.2, 0) is 14.8 Å². The molecule has 0 radical (unpaired) electrons. The van der Waals surface area contributed by atoms with E-state index in [1.165, 1.54) is 25.3 Å². The van der Waals surface area contributed by atoms with E-state index in [1.807, 2.05) is 0 Å². The summed E-state index contributed by atoms with van der Waals surface area (Å²) in [7, 11) is -2.18.